The van der Waals surface area contributed by atoms with Crippen LogP contribution in [-0.4, -0.2) is 21.7 Å². The van der Waals surface area contributed by atoms with E-state index < -0.39 is 21.7 Å². The molecule has 0 fully saturated rings. The minimum atomic E-state index is -0.590. The summed E-state index contributed by atoms with van der Waals surface area (Å²) in [6.07, 6.45) is 0. The van der Waals surface area contributed by atoms with Crippen LogP contribution in [0.2, 0.25) is 10.0 Å². The van der Waals surface area contributed by atoms with Gasteiger partial charge in [0.15, 0.2) is 0 Å². The van der Waals surface area contributed by atoms with E-state index in [1.165, 1.54) is 24.3 Å². The molecule has 0 saturated heterocycles. The Balaban J connectivity index is 1.49. The number of carbonyl (C=O) groups excluding carboxylic acids is 2. The smallest absolute Gasteiger partial charge is 0.270 e. The van der Waals surface area contributed by atoms with Crippen molar-refractivity contribution >= 4 is 57.8 Å². The molecule has 0 aliphatic carbocycles. The van der Waals surface area contributed by atoms with Gasteiger partial charge in [-0.15, -0.1) is 0 Å². The van der Waals surface area contributed by atoms with Gasteiger partial charge in [0, 0.05) is 35.6 Å². The summed E-state index contributed by atoms with van der Waals surface area (Å²) in [5, 5.41) is 27.3. The molecule has 0 radical (unpaired) electrons. The van der Waals surface area contributed by atoms with Crippen molar-refractivity contribution in [1.82, 2.24) is 0 Å². The zero-order valence-electron chi connectivity index (χ0n) is 21.0. The lowest BCUT2D eigenvalue weighted by Gasteiger charge is -2.13. The molecule has 0 aromatic heterocycles. The molecule has 202 valence electrons. The largest absolute Gasteiger partial charge is 0.322 e. The SMILES string of the molecule is Cc1cc(-c2ccc(NC(=O)c3ccc([N+](=O)[O-])cc3Cl)c(C)c2)ccc1NC(=O)c1ccc([N+](=O)[O-])cc1Cl. The molecule has 2 N–H and O–H groups in total. The van der Waals surface area contributed by atoms with Crippen LogP contribution >= 0.6 is 23.2 Å². The fraction of sp³-hybridized carbons (Fsp3) is 0.0714. The number of rotatable bonds is 7. The first kappa shape index (κ1) is 28.2. The number of nitrogens with zero attached hydrogens (tertiary/aromatic N) is 2. The molecule has 4 rings (SSSR count). The standard InChI is InChI=1S/C28H20Cl2N4O6/c1-15-11-17(3-9-25(15)31-27(35)21-7-5-19(33(37)38)13-23(21)29)18-4-10-26(16(2)12-18)32-28(36)22-8-6-20(34(39)40)14-24(22)30/h3-14H,1-2H3,(H,31,35)(H,32,36). The maximum Gasteiger partial charge on any atom is 0.270 e. The van der Waals surface area contributed by atoms with Crippen molar-refractivity contribution in [2.75, 3.05) is 10.6 Å². The van der Waals surface area contributed by atoms with E-state index in [4.69, 9.17) is 23.2 Å². The summed E-state index contributed by atoms with van der Waals surface area (Å²) in [4.78, 5) is 46.1. The lowest BCUT2D eigenvalue weighted by molar-refractivity contribution is -0.385. The third kappa shape index (κ3) is 6.09. The molecule has 4 aromatic rings. The number of nitrogens with one attached hydrogen (secondary N) is 2. The topological polar surface area (TPSA) is 144 Å². The van der Waals surface area contributed by atoms with Gasteiger partial charge >= 0.3 is 0 Å². The van der Waals surface area contributed by atoms with Crippen LogP contribution in [0.4, 0.5) is 22.7 Å². The first-order chi connectivity index (χ1) is 18.9. The van der Waals surface area contributed by atoms with Gasteiger partial charge in [-0.1, -0.05) is 35.3 Å². The van der Waals surface area contributed by atoms with Gasteiger partial charge in [-0.05, 0) is 72.5 Å². The van der Waals surface area contributed by atoms with Crippen molar-refractivity contribution in [2.45, 2.75) is 13.8 Å². The van der Waals surface area contributed by atoms with Crippen LogP contribution in [0.15, 0.2) is 72.8 Å². The predicted octanol–water partition coefficient (Wildman–Crippen LogP) is 7.60. The number of nitro groups is 2. The minimum absolute atomic E-state index is 0.0283. The highest BCUT2D eigenvalue weighted by atomic mass is 35.5. The van der Waals surface area contributed by atoms with Crippen LogP contribution in [0.3, 0.4) is 0 Å². The Bertz CT molecular complexity index is 1580. The molecule has 40 heavy (non-hydrogen) atoms. The van der Waals surface area contributed by atoms with E-state index in [2.05, 4.69) is 10.6 Å². The Morgan fingerprint density at radius 1 is 0.625 bits per heavy atom. The van der Waals surface area contributed by atoms with Crippen molar-refractivity contribution in [3.63, 3.8) is 0 Å². The summed E-state index contributed by atoms with van der Waals surface area (Å²) in [5.74, 6) is -1.00. The molecule has 10 nitrogen and oxygen atoms in total. The molecule has 0 unspecified atom stereocenters. The van der Waals surface area contributed by atoms with E-state index in [-0.39, 0.29) is 32.5 Å². The molecular weight excluding hydrogens is 559 g/mol. The van der Waals surface area contributed by atoms with Gasteiger partial charge in [0.2, 0.25) is 0 Å². The van der Waals surface area contributed by atoms with E-state index >= 15 is 0 Å². The number of amides is 2. The number of aryl methyl sites for hydroxylation is 2. The Labute approximate surface area is 237 Å². The second kappa shape index (κ2) is 11.5. The average Bonchev–Trinajstić information content (AvgIpc) is 2.90. The Morgan fingerprint density at radius 3 is 1.30 bits per heavy atom. The maximum atomic E-state index is 12.7. The number of benzene rings is 4. The van der Waals surface area contributed by atoms with Gasteiger partial charge in [0.05, 0.1) is 31.0 Å². The second-order valence-electron chi connectivity index (χ2n) is 8.81. The molecule has 0 bridgehead atoms. The van der Waals surface area contributed by atoms with Crippen molar-refractivity contribution < 1.29 is 19.4 Å². The van der Waals surface area contributed by atoms with Crippen LogP contribution in [0.1, 0.15) is 31.8 Å². The van der Waals surface area contributed by atoms with Gasteiger partial charge in [0.25, 0.3) is 23.2 Å². The number of halogens is 2. The fourth-order valence-electron chi connectivity index (χ4n) is 3.95. The van der Waals surface area contributed by atoms with E-state index in [0.717, 1.165) is 34.4 Å². The van der Waals surface area contributed by atoms with Crippen molar-refractivity contribution in [2.24, 2.45) is 0 Å². The zero-order valence-corrected chi connectivity index (χ0v) is 22.5. The molecular formula is C28H20Cl2N4O6. The molecule has 0 heterocycles. The van der Waals surface area contributed by atoms with Crippen molar-refractivity contribution in [3.8, 4) is 11.1 Å². The first-order valence-corrected chi connectivity index (χ1v) is 12.4. The lowest BCUT2D eigenvalue weighted by Crippen LogP contribution is -2.13. The number of non-ortho nitro benzene ring substituents is 2. The van der Waals surface area contributed by atoms with Gasteiger partial charge in [0.1, 0.15) is 0 Å². The molecule has 0 saturated carbocycles. The van der Waals surface area contributed by atoms with Crippen LogP contribution in [0.5, 0.6) is 0 Å². The van der Waals surface area contributed by atoms with Crippen LogP contribution < -0.4 is 10.6 Å². The quantitative estimate of drug-likeness (QED) is 0.170. The Kier molecular flexibility index (Phi) is 8.13. The number of anilines is 2. The Morgan fingerprint density at radius 2 is 1.00 bits per heavy atom. The summed E-state index contributed by atoms with van der Waals surface area (Å²) in [5.41, 5.74) is 4.16. The summed E-state index contributed by atoms with van der Waals surface area (Å²) >= 11 is 12.2. The monoisotopic (exact) mass is 578 g/mol. The van der Waals surface area contributed by atoms with Gasteiger partial charge in [-0.3, -0.25) is 29.8 Å². The number of hydrogen-bond acceptors (Lipinski definition) is 6. The van der Waals surface area contributed by atoms with E-state index in [1.54, 1.807) is 12.1 Å². The molecule has 0 spiro atoms. The third-order valence-corrected chi connectivity index (χ3v) is 6.72. The first-order valence-electron chi connectivity index (χ1n) is 11.7. The van der Waals surface area contributed by atoms with Crippen LogP contribution in [0.25, 0.3) is 11.1 Å². The van der Waals surface area contributed by atoms with Crippen LogP contribution in [0, 0.1) is 34.1 Å². The third-order valence-electron chi connectivity index (χ3n) is 6.10. The summed E-state index contributed by atoms with van der Waals surface area (Å²) in [6.45, 7) is 3.65. The maximum absolute atomic E-state index is 12.7. The van der Waals surface area contributed by atoms with Crippen molar-refractivity contribution in [3.05, 3.63) is 125 Å². The van der Waals surface area contributed by atoms with Gasteiger partial charge < -0.3 is 10.6 Å². The number of carbonyl (C=O) groups is 2. The Hall–Kier alpha value is -4.80. The molecule has 4 aromatic carbocycles. The minimum Gasteiger partial charge on any atom is -0.322 e. The molecule has 12 heteroatoms. The highest BCUT2D eigenvalue weighted by Gasteiger charge is 2.18. The average molecular weight is 579 g/mol. The highest BCUT2D eigenvalue weighted by Crippen LogP contribution is 2.30. The van der Waals surface area contributed by atoms with Crippen LogP contribution in [-0.2, 0) is 0 Å². The van der Waals surface area contributed by atoms with E-state index in [1.807, 2.05) is 38.1 Å². The summed E-state index contributed by atoms with van der Waals surface area (Å²) < 4.78 is 0. The number of nitro benzene ring substituents is 2. The molecule has 2 amide bonds. The van der Waals surface area contributed by atoms with Crippen molar-refractivity contribution in [1.29, 1.82) is 0 Å². The zero-order chi connectivity index (χ0) is 29.1. The summed E-state index contributed by atoms with van der Waals surface area (Å²) in [7, 11) is 0. The molecule has 0 aliphatic heterocycles. The van der Waals surface area contributed by atoms with E-state index in [9.17, 15) is 29.8 Å². The summed E-state index contributed by atoms with van der Waals surface area (Å²) in [6, 6.07) is 18.2. The lowest BCUT2D eigenvalue weighted by atomic mass is 9.99. The van der Waals surface area contributed by atoms with E-state index in [0.29, 0.717) is 11.4 Å². The highest BCUT2D eigenvalue weighted by molar-refractivity contribution is 6.35. The normalized spacial score (nSPS) is 10.6. The second-order valence-corrected chi connectivity index (χ2v) is 9.62. The number of hydrogen-bond donors (Lipinski definition) is 2. The molecule has 0 atom stereocenters. The van der Waals surface area contributed by atoms with Gasteiger partial charge in [-0.25, -0.2) is 0 Å². The fourth-order valence-corrected chi connectivity index (χ4v) is 4.47. The van der Waals surface area contributed by atoms with Gasteiger partial charge in [-0.2, -0.15) is 0 Å². The predicted molar refractivity (Wildman–Crippen MR) is 153 cm³/mol. The molecule has 0 aliphatic rings.